The van der Waals surface area contributed by atoms with Crippen LogP contribution in [0.2, 0.25) is 0 Å². The van der Waals surface area contributed by atoms with Crippen molar-refractivity contribution < 1.29 is 9.84 Å². The van der Waals surface area contributed by atoms with Gasteiger partial charge in [0, 0.05) is 6.61 Å². The molecule has 0 saturated carbocycles. The molecule has 0 aliphatic carbocycles. The van der Waals surface area contributed by atoms with Gasteiger partial charge in [-0.2, -0.15) is 0 Å². The van der Waals surface area contributed by atoms with Gasteiger partial charge in [0.1, 0.15) is 0 Å². The van der Waals surface area contributed by atoms with E-state index < -0.39 is 0 Å². The fraction of sp³-hybridized carbons (Fsp3) is 1.00. The molecule has 14 heavy (non-hydrogen) atoms. The molecule has 0 bridgehead atoms. The first-order valence-corrected chi connectivity index (χ1v) is 5.94. The Morgan fingerprint density at radius 3 is 2.29 bits per heavy atom. The highest BCUT2D eigenvalue weighted by molar-refractivity contribution is 4.57. The SMILES string of the molecule is CCCCCCCOCC(O)C(C)C. The number of hydrogen-bond acceptors (Lipinski definition) is 2. The third-order valence-electron chi connectivity index (χ3n) is 2.45. The third kappa shape index (κ3) is 8.52. The summed E-state index contributed by atoms with van der Waals surface area (Å²) in [6.07, 6.45) is 6.01. The Morgan fingerprint density at radius 1 is 1.07 bits per heavy atom. The van der Waals surface area contributed by atoms with Crippen molar-refractivity contribution in [3.63, 3.8) is 0 Å². The van der Waals surface area contributed by atoms with E-state index in [1.165, 1.54) is 25.7 Å². The van der Waals surface area contributed by atoms with E-state index in [0.29, 0.717) is 12.5 Å². The highest BCUT2D eigenvalue weighted by Gasteiger charge is 2.07. The van der Waals surface area contributed by atoms with Gasteiger partial charge in [-0.15, -0.1) is 0 Å². The average Bonchev–Trinajstić information content (AvgIpc) is 2.16. The second-order valence-electron chi connectivity index (χ2n) is 4.30. The quantitative estimate of drug-likeness (QED) is 0.582. The summed E-state index contributed by atoms with van der Waals surface area (Å²) >= 11 is 0. The van der Waals surface area contributed by atoms with Crippen LogP contribution in [-0.2, 0) is 4.74 Å². The van der Waals surface area contributed by atoms with E-state index in [9.17, 15) is 5.11 Å². The molecule has 0 heterocycles. The van der Waals surface area contributed by atoms with Gasteiger partial charge in [-0.3, -0.25) is 0 Å². The van der Waals surface area contributed by atoms with Gasteiger partial charge in [0.05, 0.1) is 12.7 Å². The van der Waals surface area contributed by atoms with Gasteiger partial charge in [0.2, 0.25) is 0 Å². The summed E-state index contributed by atoms with van der Waals surface area (Å²) in [4.78, 5) is 0. The summed E-state index contributed by atoms with van der Waals surface area (Å²) < 4.78 is 5.39. The molecule has 0 aliphatic rings. The summed E-state index contributed by atoms with van der Waals surface area (Å²) in [5.74, 6) is 0.301. The number of aliphatic hydroxyl groups excluding tert-OH is 1. The zero-order chi connectivity index (χ0) is 10.8. The van der Waals surface area contributed by atoms with Gasteiger partial charge in [0.15, 0.2) is 0 Å². The maximum Gasteiger partial charge on any atom is 0.0796 e. The van der Waals surface area contributed by atoms with E-state index >= 15 is 0 Å². The van der Waals surface area contributed by atoms with Crippen molar-refractivity contribution in [1.82, 2.24) is 0 Å². The largest absolute Gasteiger partial charge is 0.390 e. The summed E-state index contributed by atoms with van der Waals surface area (Å²) in [5.41, 5.74) is 0. The van der Waals surface area contributed by atoms with Gasteiger partial charge >= 0.3 is 0 Å². The molecule has 1 atom stereocenters. The average molecular weight is 202 g/mol. The second kappa shape index (κ2) is 9.47. The Kier molecular flexibility index (Phi) is 9.42. The Hall–Kier alpha value is -0.0800. The Balaban J connectivity index is 3.06. The van der Waals surface area contributed by atoms with Crippen molar-refractivity contribution in [2.75, 3.05) is 13.2 Å². The van der Waals surface area contributed by atoms with Gasteiger partial charge in [-0.1, -0.05) is 46.5 Å². The zero-order valence-electron chi connectivity index (χ0n) is 9.96. The predicted octanol–water partition coefficient (Wildman–Crippen LogP) is 2.99. The minimum absolute atomic E-state index is 0.300. The first-order valence-electron chi connectivity index (χ1n) is 5.94. The molecule has 1 N–H and O–H groups in total. The Morgan fingerprint density at radius 2 is 1.71 bits per heavy atom. The number of aliphatic hydroxyl groups is 1. The van der Waals surface area contributed by atoms with Crippen LogP contribution < -0.4 is 0 Å². The summed E-state index contributed by atoms with van der Waals surface area (Å²) in [5, 5.41) is 9.44. The van der Waals surface area contributed by atoms with Gasteiger partial charge in [-0.05, 0) is 12.3 Å². The summed E-state index contributed by atoms with van der Waals surface area (Å²) in [7, 11) is 0. The van der Waals surface area contributed by atoms with Crippen LogP contribution in [-0.4, -0.2) is 24.4 Å². The fourth-order valence-corrected chi connectivity index (χ4v) is 1.20. The van der Waals surface area contributed by atoms with Crippen LogP contribution in [0, 0.1) is 5.92 Å². The molecule has 0 aliphatic heterocycles. The van der Waals surface area contributed by atoms with Crippen LogP contribution >= 0.6 is 0 Å². The highest BCUT2D eigenvalue weighted by Crippen LogP contribution is 2.04. The smallest absolute Gasteiger partial charge is 0.0796 e. The van der Waals surface area contributed by atoms with E-state index in [4.69, 9.17) is 4.74 Å². The highest BCUT2D eigenvalue weighted by atomic mass is 16.5. The lowest BCUT2D eigenvalue weighted by atomic mass is 10.1. The molecule has 0 fully saturated rings. The molecule has 2 nitrogen and oxygen atoms in total. The molecule has 0 aromatic heterocycles. The summed E-state index contributed by atoms with van der Waals surface area (Å²) in [6.45, 7) is 7.53. The standard InChI is InChI=1S/C12H26O2/c1-4-5-6-7-8-9-14-10-12(13)11(2)3/h11-13H,4-10H2,1-3H3. The molecule has 0 aromatic carbocycles. The maximum absolute atomic E-state index is 9.44. The van der Waals surface area contributed by atoms with Gasteiger partial charge in [0.25, 0.3) is 0 Å². The van der Waals surface area contributed by atoms with Crippen molar-refractivity contribution in [2.24, 2.45) is 5.92 Å². The van der Waals surface area contributed by atoms with Crippen LogP contribution in [0.4, 0.5) is 0 Å². The van der Waals surface area contributed by atoms with E-state index in [0.717, 1.165) is 13.0 Å². The first-order chi connectivity index (χ1) is 6.68. The number of unbranched alkanes of at least 4 members (excludes halogenated alkanes) is 4. The van der Waals surface area contributed by atoms with Crippen LogP contribution in [0.25, 0.3) is 0 Å². The number of rotatable bonds is 9. The molecule has 2 heteroatoms. The molecule has 86 valence electrons. The first kappa shape index (κ1) is 13.9. The molecule has 0 saturated heterocycles. The van der Waals surface area contributed by atoms with Gasteiger partial charge in [-0.25, -0.2) is 0 Å². The van der Waals surface area contributed by atoms with E-state index in [-0.39, 0.29) is 6.10 Å². The monoisotopic (exact) mass is 202 g/mol. The van der Waals surface area contributed by atoms with Crippen molar-refractivity contribution in [2.45, 2.75) is 59.0 Å². The molecular formula is C12H26O2. The van der Waals surface area contributed by atoms with Crippen LogP contribution in [0.1, 0.15) is 52.9 Å². The van der Waals surface area contributed by atoms with E-state index in [1.54, 1.807) is 0 Å². The molecule has 0 aromatic rings. The van der Waals surface area contributed by atoms with Crippen molar-refractivity contribution in [3.05, 3.63) is 0 Å². The minimum atomic E-state index is -0.300. The topological polar surface area (TPSA) is 29.5 Å². The van der Waals surface area contributed by atoms with Crippen molar-refractivity contribution >= 4 is 0 Å². The predicted molar refractivity (Wildman–Crippen MR) is 60.4 cm³/mol. The van der Waals surface area contributed by atoms with Crippen molar-refractivity contribution in [1.29, 1.82) is 0 Å². The Labute approximate surface area is 88.7 Å². The lowest BCUT2D eigenvalue weighted by Crippen LogP contribution is -2.21. The minimum Gasteiger partial charge on any atom is -0.390 e. The summed E-state index contributed by atoms with van der Waals surface area (Å²) in [6, 6.07) is 0. The van der Waals surface area contributed by atoms with Gasteiger partial charge < -0.3 is 9.84 Å². The lowest BCUT2D eigenvalue weighted by molar-refractivity contribution is 0.0119. The van der Waals surface area contributed by atoms with E-state index in [2.05, 4.69) is 6.92 Å². The number of ether oxygens (including phenoxy) is 1. The molecule has 0 rings (SSSR count). The zero-order valence-corrected chi connectivity index (χ0v) is 9.96. The molecular weight excluding hydrogens is 176 g/mol. The van der Waals surface area contributed by atoms with Crippen LogP contribution in [0.5, 0.6) is 0 Å². The Bertz CT molecular complexity index is 113. The van der Waals surface area contributed by atoms with Crippen LogP contribution in [0.15, 0.2) is 0 Å². The second-order valence-corrected chi connectivity index (χ2v) is 4.30. The third-order valence-corrected chi connectivity index (χ3v) is 2.45. The lowest BCUT2D eigenvalue weighted by Gasteiger charge is -2.14. The van der Waals surface area contributed by atoms with E-state index in [1.807, 2.05) is 13.8 Å². The van der Waals surface area contributed by atoms with Crippen molar-refractivity contribution in [3.8, 4) is 0 Å². The fourth-order valence-electron chi connectivity index (χ4n) is 1.20. The molecule has 1 unspecified atom stereocenters. The molecule has 0 spiro atoms. The molecule has 0 radical (unpaired) electrons. The number of hydrogen-bond donors (Lipinski definition) is 1. The maximum atomic E-state index is 9.44. The molecule has 0 amide bonds. The normalized spacial score (nSPS) is 13.5. The van der Waals surface area contributed by atoms with Crippen LogP contribution in [0.3, 0.4) is 0 Å².